The molecule has 4 heteroatoms. The summed E-state index contributed by atoms with van der Waals surface area (Å²) in [7, 11) is 0. The van der Waals surface area contributed by atoms with Gasteiger partial charge in [0.05, 0.1) is 0 Å². The van der Waals surface area contributed by atoms with Crippen LogP contribution in [-0.4, -0.2) is 11.8 Å². The molecule has 0 bridgehead atoms. The van der Waals surface area contributed by atoms with Gasteiger partial charge in [0.1, 0.15) is 0 Å². The van der Waals surface area contributed by atoms with E-state index in [2.05, 4.69) is 28.8 Å². The lowest BCUT2D eigenvalue weighted by Gasteiger charge is -2.08. The Hall–Kier alpha value is -3.40. The fourth-order valence-corrected chi connectivity index (χ4v) is 3.77. The van der Waals surface area contributed by atoms with E-state index in [4.69, 9.17) is 0 Å². The van der Waals surface area contributed by atoms with E-state index in [0.717, 1.165) is 61.0 Å². The molecule has 0 aromatic heterocycles. The molecule has 0 aliphatic rings. The highest BCUT2D eigenvalue weighted by molar-refractivity contribution is 5.91. The second kappa shape index (κ2) is 13.2. The standard InChI is InChI=1S/C29H34N2O2/c1-23-18-20-26(21-19-23)30-28(32)16-9-4-2-3-5-10-17-29(33)31-27-15-11-14-25(22-27)24-12-7-6-8-13-24/h6-8,11-15,18-22H,2-5,9-10,16-17H2,1H3,(H,30,32)(H,31,33). The molecule has 0 saturated carbocycles. The average Bonchev–Trinajstić information content (AvgIpc) is 2.83. The van der Waals surface area contributed by atoms with Crippen LogP contribution in [0.15, 0.2) is 78.9 Å². The molecule has 0 spiro atoms. The van der Waals surface area contributed by atoms with E-state index in [9.17, 15) is 9.59 Å². The molecule has 2 amide bonds. The average molecular weight is 443 g/mol. The van der Waals surface area contributed by atoms with E-state index < -0.39 is 0 Å². The number of amides is 2. The molecule has 3 aromatic carbocycles. The summed E-state index contributed by atoms with van der Waals surface area (Å²) >= 11 is 0. The van der Waals surface area contributed by atoms with Crippen LogP contribution in [0.25, 0.3) is 11.1 Å². The number of carbonyl (C=O) groups is 2. The minimum atomic E-state index is 0.0630. The van der Waals surface area contributed by atoms with Crippen molar-refractivity contribution in [2.45, 2.75) is 58.3 Å². The molecule has 33 heavy (non-hydrogen) atoms. The Morgan fingerprint density at radius 3 is 1.76 bits per heavy atom. The number of benzene rings is 3. The predicted molar refractivity (Wildman–Crippen MR) is 137 cm³/mol. The van der Waals surface area contributed by atoms with E-state index in [-0.39, 0.29) is 11.8 Å². The largest absolute Gasteiger partial charge is 0.326 e. The van der Waals surface area contributed by atoms with Gasteiger partial charge in [-0.25, -0.2) is 0 Å². The van der Waals surface area contributed by atoms with E-state index in [1.165, 1.54) is 5.56 Å². The van der Waals surface area contributed by atoms with Crippen LogP contribution < -0.4 is 10.6 Å². The van der Waals surface area contributed by atoms with Gasteiger partial charge in [-0.2, -0.15) is 0 Å². The second-order valence-corrected chi connectivity index (χ2v) is 8.53. The monoisotopic (exact) mass is 442 g/mol. The van der Waals surface area contributed by atoms with Gasteiger partial charge in [0, 0.05) is 24.2 Å². The van der Waals surface area contributed by atoms with Gasteiger partial charge in [0.2, 0.25) is 11.8 Å². The first-order valence-corrected chi connectivity index (χ1v) is 11.9. The van der Waals surface area contributed by atoms with Gasteiger partial charge in [-0.05, 0) is 55.2 Å². The van der Waals surface area contributed by atoms with Gasteiger partial charge < -0.3 is 10.6 Å². The molecular weight excluding hydrogens is 408 g/mol. The highest BCUT2D eigenvalue weighted by atomic mass is 16.2. The number of aryl methyl sites for hydroxylation is 1. The molecule has 3 rings (SSSR count). The first kappa shape index (κ1) is 24.2. The fourth-order valence-electron chi connectivity index (χ4n) is 3.77. The minimum Gasteiger partial charge on any atom is -0.326 e. The van der Waals surface area contributed by atoms with Crippen molar-refractivity contribution in [2.75, 3.05) is 10.6 Å². The van der Waals surface area contributed by atoms with Gasteiger partial charge in [0.25, 0.3) is 0 Å². The molecule has 0 radical (unpaired) electrons. The molecule has 0 aliphatic carbocycles. The SMILES string of the molecule is Cc1ccc(NC(=O)CCCCCCCCC(=O)Nc2cccc(-c3ccccc3)c2)cc1. The fraction of sp³-hybridized carbons (Fsp3) is 0.310. The zero-order valence-corrected chi connectivity index (χ0v) is 19.5. The van der Waals surface area contributed by atoms with Crippen molar-refractivity contribution < 1.29 is 9.59 Å². The van der Waals surface area contributed by atoms with Crippen molar-refractivity contribution in [1.82, 2.24) is 0 Å². The summed E-state index contributed by atoms with van der Waals surface area (Å²) in [6, 6.07) is 26.0. The van der Waals surface area contributed by atoms with Crippen LogP contribution in [0.2, 0.25) is 0 Å². The van der Waals surface area contributed by atoms with Gasteiger partial charge in [-0.15, -0.1) is 0 Å². The Labute approximate surface area is 197 Å². The van der Waals surface area contributed by atoms with Crippen molar-refractivity contribution in [1.29, 1.82) is 0 Å². The Balaban J connectivity index is 1.24. The molecule has 0 atom stereocenters. The number of nitrogens with one attached hydrogen (secondary N) is 2. The van der Waals surface area contributed by atoms with Crippen LogP contribution in [0.5, 0.6) is 0 Å². The van der Waals surface area contributed by atoms with E-state index in [1.807, 2.05) is 67.6 Å². The summed E-state index contributed by atoms with van der Waals surface area (Å²) in [5, 5.41) is 5.96. The lowest BCUT2D eigenvalue weighted by Crippen LogP contribution is -2.11. The van der Waals surface area contributed by atoms with Crippen LogP contribution in [0.1, 0.15) is 56.9 Å². The van der Waals surface area contributed by atoms with Crippen molar-refractivity contribution in [3.05, 3.63) is 84.4 Å². The maximum atomic E-state index is 12.3. The number of carbonyl (C=O) groups excluding carboxylic acids is 2. The molecule has 0 heterocycles. The maximum Gasteiger partial charge on any atom is 0.224 e. The number of anilines is 2. The molecular formula is C29H34N2O2. The number of hydrogen-bond acceptors (Lipinski definition) is 2. The maximum absolute atomic E-state index is 12.3. The van der Waals surface area contributed by atoms with Crippen LogP contribution >= 0.6 is 0 Å². The smallest absolute Gasteiger partial charge is 0.224 e. The number of unbranched alkanes of at least 4 members (excludes halogenated alkanes) is 5. The molecule has 0 unspecified atom stereocenters. The van der Waals surface area contributed by atoms with E-state index in [1.54, 1.807) is 0 Å². The van der Waals surface area contributed by atoms with Crippen LogP contribution in [0.3, 0.4) is 0 Å². The Morgan fingerprint density at radius 2 is 1.12 bits per heavy atom. The molecule has 2 N–H and O–H groups in total. The van der Waals surface area contributed by atoms with Gasteiger partial charge >= 0.3 is 0 Å². The molecule has 0 fully saturated rings. The summed E-state index contributed by atoms with van der Waals surface area (Å²) in [4.78, 5) is 24.3. The normalized spacial score (nSPS) is 10.6. The van der Waals surface area contributed by atoms with Crippen molar-refractivity contribution in [2.24, 2.45) is 0 Å². The van der Waals surface area contributed by atoms with E-state index >= 15 is 0 Å². The molecule has 0 saturated heterocycles. The lowest BCUT2D eigenvalue weighted by molar-refractivity contribution is -0.117. The van der Waals surface area contributed by atoms with Crippen LogP contribution in [0.4, 0.5) is 11.4 Å². The first-order chi connectivity index (χ1) is 16.1. The third-order valence-corrected chi connectivity index (χ3v) is 5.65. The predicted octanol–water partition coefficient (Wildman–Crippen LogP) is 7.36. The molecule has 0 aliphatic heterocycles. The summed E-state index contributed by atoms with van der Waals surface area (Å²) in [5.74, 6) is 0.139. The van der Waals surface area contributed by atoms with Crippen molar-refractivity contribution in [3.63, 3.8) is 0 Å². The molecule has 4 nitrogen and oxygen atoms in total. The zero-order chi connectivity index (χ0) is 23.3. The number of hydrogen-bond donors (Lipinski definition) is 2. The van der Waals surface area contributed by atoms with Crippen LogP contribution in [0, 0.1) is 6.92 Å². The van der Waals surface area contributed by atoms with Crippen molar-refractivity contribution >= 4 is 23.2 Å². The third-order valence-electron chi connectivity index (χ3n) is 5.65. The zero-order valence-electron chi connectivity index (χ0n) is 19.5. The third kappa shape index (κ3) is 8.93. The Kier molecular flexibility index (Phi) is 9.71. The lowest BCUT2D eigenvalue weighted by atomic mass is 10.1. The molecule has 172 valence electrons. The van der Waals surface area contributed by atoms with Gasteiger partial charge in [-0.3, -0.25) is 9.59 Å². The summed E-state index contributed by atoms with van der Waals surface area (Å²) in [6.45, 7) is 2.03. The van der Waals surface area contributed by atoms with E-state index in [0.29, 0.717) is 12.8 Å². The van der Waals surface area contributed by atoms with Gasteiger partial charge in [0.15, 0.2) is 0 Å². The Morgan fingerprint density at radius 1 is 0.576 bits per heavy atom. The summed E-state index contributed by atoms with van der Waals surface area (Å²) < 4.78 is 0. The topological polar surface area (TPSA) is 58.2 Å². The Bertz CT molecular complexity index is 1010. The highest BCUT2D eigenvalue weighted by Gasteiger charge is 2.05. The summed E-state index contributed by atoms with van der Waals surface area (Å²) in [5.41, 5.74) is 5.12. The quantitative estimate of drug-likeness (QED) is 0.288. The molecule has 3 aromatic rings. The second-order valence-electron chi connectivity index (χ2n) is 8.53. The van der Waals surface area contributed by atoms with Gasteiger partial charge in [-0.1, -0.05) is 85.8 Å². The first-order valence-electron chi connectivity index (χ1n) is 11.9. The highest BCUT2D eigenvalue weighted by Crippen LogP contribution is 2.22. The minimum absolute atomic E-state index is 0.0630. The van der Waals surface area contributed by atoms with Crippen LogP contribution in [-0.2, 0) is 9.59 Å². The van der Waals surface area contributed by atoms with Crippen molar-refractivity contribution in [3.8, 4) is 11.1 Å². The number of rotatable bonds is 12. The summed E-state index contributed by atoms with van der Waals surface area (Å²) in [6.07, 6.45) is 7.14.